The van der Waals surface area contributed by atoms with Gasteiger partial charge < -0.3 is 20.5 Å². The number of rotatable bonds is 6. The fourth-order valence-corrected chi connectivity index (χ4v) is 2.71. The summed E-state index contributed by atoms with van der Waals surface area (Å²) in [5.74, 6) is 1.29. The van der Waals surface area contributed by atoms with Crippen LogP contribution in [0.4, 0.5) is 0 Å². The summed E-state index contributed by atoms with van der Waals surface area (Å²) in [7, 11) is 1.61. The van der Waals surface area contributed by atoms with Crippen molar-refractivity contribution in [2.24, 2.45) is 5.73 Å². The van der Waals surface area contributed by atoms with Gasteiger partial charge in [0.15, 0.2) is 6.10 Å². The van der Waals surface area contributed by atoms with Crippen molar-refractivity contribution in [2.75, 3.05) is 13.7 Å². The van der Waals surface area contributed by atoms with Crippen molar-refractivity contribution in [3.8, 4) is 11.5 Å². The number of methoxy groups -OCH3 is 1. The zero-order chi connectivity index (χ0) is 15.3. The number of benzene rings is 1. The molecule has 1 aromatic rings. The molecule has 5 nitrogen and oxygen atoms in total. The van der Waals surface area contributed by atoms with Crippen LogP contribution in [-0.4, -0.2) is 31.2 Å². The molecule has 0 heterocycles. The number of amides is 1. The zero-order valence-corrected chi connectivity index (χ0v) is 12.7. The highest BCUT2D eigenvalue weighted by molar-refractivity contribution is 5.81. The van der Waals surface area contributed by atoms with Crippen LogP contribution in [0.1, 0.15) is 32.6 Å². The summed E-state index contributed by atoms with van der Waals surface area (Å²) < 4.78 is 10.8. The van der Waals surface area contributed by atoms with Crippen molar-refractivity contribution in [3.63, 3.8) is 0 Å². The maximum absolute atomic E-state index is 12.3. The Hall–Kier alpha value is -1.75. The van der Waals surface area contributed by atoms with Gasteiger partial charge in [0.25, 0.3) is 5.91 Å². The molecule has 1 unspecified atom stereocenters. The molecule has 5 heteroatoms. The highest BCUT2D eigenvalue weighted by atomic mass is 16.5. The standard InChI is InChI=1S/C16H24N2O3/c1-12(21-14-7-5-13(20-2)6-8-14)15(19)18-16(11-17)9-3-4-10-16/h5-8,12H,3-4,9-11,17H2,1-2H3,(H,18,19). The number of hydrogen-bond donors (Lipinski definition) is 2. The predicted octanol–water partition coefficient (Wildman–Crippen LogP) is 1.85. The quantitative estimate of drug-likeness (QED) is 0.839. The molecule has 0 spiro atoms. The average molecular weight is 292 g/mol. The van der Waals surface area contributed by atoms with Crippen LogP contribution >= 0.6 is 0 Å². The number of nitrogens with one attached hydrogen (secondary N) is 1. The first kappa shape index (κ1) is 15.6. The second-order valence-electron chi connectivity index (χ2n) is 5.62. The monoisotopic (exact) mass is 292 g/mol. The Balaban J connectivity index is 1.92. The Kier molecular flexibility index (Phi) is 5.07. The van der Waals surface area contributed by atoms with E-state index in [1.54, 1.807) is 38.3 Å². The molecular formula is C16H24N2O3. The Morgan fingerprint density at radius 2 is 1.86 bits per heavy atom. The lowest BCUT2D eigenvalue weighted by Crippen LogP contribution is -2.54. The third-order valence-corrected chi connectivity index (χ3v) is 4.08. The SMILES string of the molecule is COc1ccc(OC(C)C(=O)NC2(CN)CCCC2)cc1. The van der Waals surface area contributed by atoms with Gasteiger partial charge in [0.1, 0.15) is 11.5 Å². The van der Waals surface area contributed by atoms with E-state index < -0.39 is 6.10 Å². The lowest BCUT2D eigenvalue weighted by Gasteiger charge is -2.30. The summed E-state index contributed by atoms with van der Waals surface area (Å²) >= 11 is 0. The van der Waals surface area contributed by atoms with E-state index in [1.165, 1.54) is 0 Å². The van der Waals surface area contributed by atoms with Gasteiger partial charge in [-0.1, -0.05) is 12.8 Å². The topological polar surface area (TPSA) is 73.6 Å². The first-order valence-electron chi connectivity index (χ1n) is 7.41. The molecule has 21 heavy (non-hydrogen) atoms. The number of carbonyl (C=O) groups excluding carboxylic acids is 1. The minimum atomic E-state index is -0.553. The minimum Gasteiger partial charge on any atom is -0.497 e. The molecule has 1 fully saturated rings. The average Bonchev–Trinajstić information content (AvgIpc) is 2.97. The van der Waals surface area contributed by atoms with Crippen molar-refractivity contribution >= 4 is 5.91 Å². The summed E-state index contributed by atoms with van der Waals surface area (Å²) in [5, 5.41) is 3.07. The van der Waals surface area contributed by atoms with Crippen molar-refractivity contribution < 1.29 is 14.3 Å². The van der Waals surface area contributed by atoms with Crippen molar-refractivity contribution in [1.82, 2.24) is 5.32 Å². The van der Waals surface area contributed by atoms with Crippen LogP contribution in [0.5, 0.6) is 11.5 Å². The van der Waals surface area contributed by atoms with E-state index in [4.69, 9.17) is 15.2 Å². The summed E-state index contributed by atoms with van der Waals surface area (Å²) in [6.45, 7) is 2.23. The lowest BCUT2D eigenvalue weighted by molar-refractivity contribution is -0.129. The van der Waals surface area contributed by atoms with E-state index in [1.807, 2.05) is 0 Å². The van der Waals surface area contributed by atoms with E-state index >= 15 is 0 Å². The highest BCUT2D eigenvalue weighted by Crippen LogP contribution is 2.28. The Bertz CT molecular complexity index is 467. The van der Waals surface area contributed by atoms with Gasteiger partial charge in [0.05, 0.1) is 12.6 Å². The normalized spacial score (nSPS) is 18.0. The number of nitrogens with two attached hydrogens (primary N) is 1. The molecule has 1 aliphatic carbocycles. The molecule has 3 N–H and O–H groups in total. The van der Waals surface area contributed by atoms with Crippen molar-refractivity contribution in [1.29, 1.82) is 0 Å². The zero-order valence-electron chi connectivity index (χ0n) is 12.7. The molecule has 1 saturated carbocycles. The predicted molar refractivity (Wildman–Crippen MR) is 81.5 cm³/mol. The smallest absolute Gasteiger partial charge is 0.261 e. The second kappa shape index (κ2) is 6.80. The van der Waals surface area contributed by atoms with Gasteiger partial charge in [-0.3, -0.25) is 4.79 Å². The van der Waals surface area contributed by atoms with E-state index in [2.05, 4.69) is 5.32 Å². The largest absolute Gasteiger partial charge is 0.497 e. The first-order chi connectivity index (χ1) is 10.1. The summed E-state index contributed by atoms with van der Waals surface area (Å²) in [5.41, 5.74) is 5.59. The van der Waals surface area contributed by atoms with Gasteiger partial charge >= 0.3 is 0 Å². The van der Waals surface area contributed by atoms with Crippen LogP contribution in [-0.2, 0) is 4.79 Å². The summed E-state index contributed by atoms with van der Waals surface area (Å²) in [6, 6.07) is 7.18. The van der Waals surface area contributed by atoms with Crippen molar-refractivity contribution in [3.05, 3.63) is 24.3 Å². The van der Waals surface area contributed by atoms with Gasteiger partial charge in [-0.2, -0.15) is 0 Å². The van der Waals surface area contributed by atoms with Crippen LogP contribution < -0.4 is 20.5 Å². The lowest BCUT2D eigenvalue weighted by atomic mass is 9.97. The van der Waals surface area contributed by atoms with Crippen LogP contribution in [0.2, 0.25) is 0 Å². The fourth-order valence-electron chi connectivity index (χ4n) is 2.71. The van der Waals surface area contributed by atoms with Crippen LogP contribution in [0, 0.1) is 0 Å². The number of carbonyl (C=O) groups is 1. The summed E-state index contributed by atoms with van der Waals surface area (Å²) in [4.78, 5) is 12.3. The molecule has 0 bridgehead atoms. The molecule has 0 aliphatic heterocycles. The molecule has 1 amide bonds. The molecule has 1 atom stereocenters. The molecule has 1 aromatic carbocycles. The third-order valence-electron chi connectivity index (χ3n) is 4.08. The van der Waals surface area contributed by atoms with E-state index in [0.717, 1.165) is 31.4 Å². The first-order valence-corrected chi connectivity index (χ1v) is 7.41. The Morgan fingerprint density at radius 3 is 2.38 bits per heavy atom. The Morgan fingerprint density at radius 1 is 1.29 bits per heavy atom. The van der Waals surface area contributed by atoms with Gasteiger partial charge in [0, 0.05) is 6.54 Å². The highest BCUT2D eigenvalue weighted by Gasteiger charge is 2.35. The van der Waals surface area contributed by atoms with Gasteiger partial charge in [-0.25, -0.2) is 0 Å². The molecule has 116 valence electrons. The van der Waals surface area contributed by atoms with Gasteiger partial charge in [0.2, 0.25) is 0 Å². The van der Waals surface area contributed by atoms with Crippen molar-refractivity contribution in [2.45, 2.75) is 44.2 Å². The maximum Gasteiger partial charge on any atom is 0.261 e. The minimum absolute atomic E-state index is 0.113. The van der Waals surface area contributed by atoms with Crippen LogP contribution in [0.25, 0.3) is 0 Å². The molecule has 1 aliphatic rings. The molecule has 0 radical (unpaired) electrons. The number of ether oxygens (including phenoxy) is 2. The van der Waals surface area contributed by atoms with E-state index in [9.17, 15) is 4.79 Å². The third kappa shape index (κ3) is 3.88. The van der Waals surface area contributed by atoms with Gasteiger partial charge in [-0.05, 0) is 44.0 Å². The molecular weight excluding hydrogens is 268 g/mol. The molecule has 0 aromatic heterocycles. The van der Waals surface area contributed by atoms with Gasteiger partial charge in [-0.15, -0.1) is 0 Å². The van der Waals surface area contributed by atoms with E-state index in [-0.39, 0.29) is 11.4 Å². The van der Waals surface area contributed by atoms with E-state index in [0.29, 0.717) is 12.3 Å². The summed E-state index contributed by atoms with van der Waals surface area (Å²) in [6.07, 6.45) is 3.58. The second-order valence-corrected chi connectivity index (χ2v) is 5.62. The number of hydrogen-bond acceptors (Lipinski definition) is 4. The fraction of sp³-hybridized carbons (Fsp3) is 0.562. The Labute approximate surface area is 125 Å². The van der Waals surface area contributed by atoms with Crippen LogP contribution in [0.15, 0.2) is 24.3 Å². The molecule has 2 rings (SSSR count). The molecule has 0 saturated heterocycles. The van der Waals surface area contributed by atoms with Crippen LogP contribution in [0.3, 0.4) is 0 Å². The maximum atomic E-state index is 12.3.